The zero-order valence-electron chi connectivity index (χ0n) is 17.3. The van der Waals surface area contributed by atoms with Gasteiger partial charge in [0.25, 0.3) is 0 Å². The Morgan fingerprint density at radius 2 is 1.96 bits per heavy atom. The van der Waals surface area contributed by atoms with Crippen LogP contribution in [-0.4, -0.2) is 31.6 Å². The number of hydrogen-bond donors (Lipinski definition) is 1. The molecule has 0 amide bonds. The lowest BCUT2D eigenvalue weighted by Gasteiger charge is -2.57. The Kier molecular flexibility index (Phi) is 6.95. The van der Waals surface area contributed by atoms with Gasteiger partial charge in [-0.25, -0.2) is 0 Å². The summed E-state index contributed by atoms with van der Waals surface area (Å²) in [6, 6.07) is 0. The van der Waals surface area contributed by atoms with Gasteiger partial charge in [-0.05, 0) is 68.6 Å². The van der Waals surface area contributed by atoms with Crippen LogP contribution >= 0.6 is 0 Å². The van der Waals surface area contributed by atoms with Gasteiger partial charge in [0.05, 0.1) is 5.41 Å². The molecule has 2 aliphatic carbocycles. The lowest BCUT2D eigenvalue weighted by atomic mass is 9.46. The van der Waals surface area contributed by atoms with Gasteiger partial charge < -0.3 is 14.6 Å². The average Bonchev–Trinajstić information content (AvgIpc) is 2.58. The molecule has 26 heavy (non-hydrogen) atoms. The number of carbonyl (C=O) groups is 1. The lowest BCUT2D eigenvalue weighted by molar-refractivity contribution is -0.164. The highest BCUT2D eigenvalue weighted by Crippen LogP contribution is 2.62. The first kappa shape index (κ1) is 21.4. The predicted octanol–water partition coefficient (Wildman–Crippen LogP) is 5.28. The first-order valence-corrected chi connectivity index (χ1v) is 10.2. The van der Waals surface area contributed by atoms with Crippen molar-refractivity contribution in [1.82, 2.24) is 0 Å². The van der Waals surface area contributed by atoms with Crippen molar-refractivity contribution in [2.45, 2.75) is 78.4 Å². The van der Waals surface area contributed by atoms with Crippen LogP contribution in [-0.2, 0) is 14.3 Å². The van der Waals surface area contributed by atoms with Crippen molar-refractivity contribution in [3.63, 3.8) is 0 Å². The zero-order chi connectivity index (χ0) is 19.5. The second kappa shape index (κ2) is 8.43. The molecule has 0 aromatic heterocycles. The summed E-state index contributed by atoms with van der Waals surface area (Å²) in [6.07, 6.45) is 7.80. The predicted molar refractivity (Wildman–Crippen MR) is 104 cm³/mol. The topological polar surface area (TPSA) is 55.8 Å². The summed E-state index contributed by atoms with van der Waals surface area (Å²) in [6.45, 7) is 11.0. The summed E-state index contributed by atoms with van der Waals surface area (Å²) < 4.78 is 10.7. The van der Waals surface area contributed by atoms with E-state index in [1.165, 1.54) is 5.57 Å². The van der Waals surface area contributed by atoms with E-state index in [-0.39, 0.29) is 17.6 Å². The van der Waals surface area contributed by atoms with E-state index in [9.17, 15) is 9.90 Å². The van der Waals surface area contributed by atoms with Crippen LogP contribution < -0.4 is 0 Å². The van der Waals surface area contributed by atoms with Crippen molar-refractivity contribution >= 4 is 5.97 Å². The maximum absolute atomic E-state index is 12.1. The first-order valence-electron chi connectivity index (χ1n) is 10.2. The number of hydrogen-bond acceptors (Lipinski definition) is 3. The third kappa shape index (κ3) is 4.01. The number of aliphatic carboxylic acids is 1. The van der Waals surface area contributed by atoms with Gasteiger partial charge in [0.1, 0.15) is 0 Å². The second-order valence-electron chi connectivity index (χ2n) is 9.20. The highest BCUT2D eigenvalue weighted by atomic mass is 16.7. The minimum Gasteiger partial charge on any atom is -0.481 e. The maximum atomic E-state index is 12.1. The number of carboxylic acid groups (broad SMARTS) is 1. The van der Waals surface area contributed by atoms with Gasteiger partial charge in [0.15, 0.2) is 6.29 Å². The van der Waals surface area contributed by atoms with E-state index in [1.807, 2.05) is 6.92 Å². The molecule has 150 valence electrons. The quantitative estimate of drug-likeness (QED) is 0.469. The smallest absolute Gasteiger partial charge is 0.309 e. The number of ether oxygens (including phenoxy) is 2. The van der Waals surface area contributed by atoms with E-state index in [0.717, 1.165) is 51.4 Å². The Labute approximate surface area is 159 Å². The van der Waals surface area contributed by atoms with Crippen LogP contribution in [0.15, 0.2) is 12.2 Å². The SMILES string of the molecule is C=C1CCC2C(C)(C(=O)O)CCCC2(C)C1CCC(C)CC(OC)OC. The fraction of sp³-hybridized carbons (Fsp3) is 0.864. The van der Waals surface area contributed by atoms with Crippen molar-refractivity contribution in [2.75, 3.05) is 14.2 Å². The zero-order valence-corrected chi connectivity index (χ0v) is 17.3. The fourth-order valence-electron chi connectivity index (χ4n) is 5.92. The molecule has 2 aliphatic rings. The van der Waals surface area contributed by atoms with Gasteiger partial charge in [-0.3, -0.25) is 4.79 Å². The van der Waals surface area contributed by atoms with Crippen molar-refractivity contribution in [3.05, 3.63) is 12.2 Å². The molecule has 2 fully saturated rings. The summed E-state index contributed by atoms with van der Waals surface area (Å²) in [5.74, 6) is 0.561. The van der Waals surface area contributed by atoms with Crippen LogP contribution in [0.25, 0.3) is 0 Å². The number of allylic oxidation sites excluding steroid dienone is 1. The second-order valence-corrected chi connectivity index (χ2v) is 9.20. The molecule has 2 saturated carbocycles. The summed E-state index contributed by atoms with van der Waals surface area (Å²) in [4.78, 5) is 12.1. The third-order valence-corrected chi connectivity index (χ3v) is 7.58. The van der Waals surface area contributed by atoms with Crippen molar-refractivity contribution in [1.29, 1.82) is 0 Å². The van der Waals surface area contributed by atoms with Gasteiger partial charge in [0.2, 0.25) is 0 Å². The van der Waals surface area contributed by atoms with Crippen LogP contribution in [0.4, 0.5) is 0 Å². The van der Waals surface area contributed by atoms with Gasteiger partial charge in [-0.15, -0.1) is 0 Å². The molecular formula is C22H38O4. The molecule has 0 aromatic rings. The Balaban J connectivity index is 2.12. The van der Waals surface area contributed by atoms with E-state index in [2.05, 4.69) is 20.4 Å². The fourth-order valence-corrected chi connectivity index (χ4v) is 5.92. The molecule has 0 bridgehead atoms. The third-order valence-electron chi connectivity index (χ3n) is 7.58. The van der Waals surface area contributed by atoms with E-state index in [1.54, 1.807) is 14.2 Å². The molecule has 5 unspecified atom stereocenters. The van der Waals surface area contributed by atoms with Crippen molar-refractivity contribution in [2.24, 2.45) is 28.6 Å². The highest BCUT2D eigenvalue weighted by molar-refractivity contribution is 5.75. The Hall–Kier alpha value is -0.870. The van der Waals surface area contributed by atoms with Crippen LogP contribution in [0.5, 0.6) is 0 Å². The molecule has 0 aliphatic heterocycles. The first-order chi connectivity index (χ1) is 12.2. The van der Waals surface area contributed by atoms with Gasteiger partial charge in [-0.1, -0.05) is 32.4 Å². The van der Waals surface area contributed by atoms with Crippen LogP contribution in [0.1, 0.15) is 72.1 Å². The number of carboxylic acids is 1. The van der Waals surface area contributed by atoms with E-state index in [0.29, 0.717) is 11.8 Å². The Bertz CT molecular complexity index is 512. The molecule has 0 radical (unpaired) electrons. The Morgan fingerprint density at radius 1 is 1.31 bits per heavy atom. The van der Waals surface area contributed by atoms with Crippen LogP contribution in [0, 0.1) is 28.6 Å². The van der Waals surface area contributed by atoms with Crippen LogP contribution in [0.2, 0.25) is 0 Å². The lowest BCUT2D eigenvalue weighted by Crippen LogP contribution is -2.53. The largest absolute Gasteiger partial charge is 0.481 e. The van der Waals surface area contributed by atoms with Gasteiger partial charge in [0, 0.05) is 20.6 Å². The summed E-state index contributed by atoms with van der Waals surface area (Å²) in [5, 5.41) is 9.92. The maximum Gasteiger partial charge on any atom is 0.309 e. The molecule has 0 spiro atoms. The molecule has 5 atom stereocenters. The molecule has 2 rings (SSSR count). The number of rotatable bonds is 8. The molecule has 0 heterocycles. The number of methoxy groups -OCH3 is 2. The molecule has 0 aromatic carbocycles. The highest BCUT2D eigenvalue weighted by Gasteiger charge is 2.57. The minimum absolute atomic E-state index is 0.0579. The number of fused-ring (bicyclic) bond motifs is 1. The molecule has 0 saturated heterocycles. The molecular weight excluding hydrogens is 328 g/mol. The average molecular weight is 367 g/mol. The van der Waals surface area contributed by atoms with Crippen LogP contribution in [0.3, 0.4) is 0 Å². The molecule has 4 nitrogen and oxygen atoms in total. The monoisotopic (exact) mass is 366 g/mol. The standard InChI is InChI=1S/C22H38O4/c1-15(14-19(25-5)26-6)8-10-17-16(2)9-11-18-21(17,3)12-7-13-22(18,4)20(23)24/h15,17-19H,2,7-14H2,1,3-6H3,(H,23,24). The summed E-state index contributed by atoms with van der Waals surface area (Å²) in [7, 11) is 3.37. The van der Waals surface area contributed by atoms with E-state index in [4.69, 9.17) is 9.47 Å². The van der Waals surface area contributed by atoms with Crippen molar-refractivity contribution in [3.8, 4) is 0 Å². The molecule has 4 heteroatoms. The van der Waals surface area contributed by atoms with Gasteiger partial charge in [-0.2, -0.15) is 0 Å². The minimum atomic E-state index is -0.615. The summed E-state index contributed by atoms with van der Waals surface area (Å²) >= 11 is 0. The Morgan fingerprint density at radius 3 is 2.54 bits per heavy atom. The van der Waals surface area contributed by atoms with E-state index >= 15 is 0 Å². The summed E-state index contributed by atoms with van der Waals surface area (Å²) in [5.41, 5.74) is 0.803. The van der Waals surface area contributed by atoms with Crippen molar-refractivity contribution < 1.29 is 19.4 Å². The van der Waals surface area contributed by atoms with E-state index < -0.39 is 11.4 Å². The van der Waals surface area contributed by atoms with Gasteiger partial charge >= 0.3 is 5.97 Å². The molecule has 1 N–H and O–H groups in total. The normalized spacial score (nSPS) is 36.0.